The average molecular weight is 528 g/mol. The number of anilines is 2. The van der Waals surface area contributed by atoms with E-state index in [-0.39, 0.29) is 4.77 Å². The zero-order chi connectivity index (χ0) is 26.5. The Morgan fingerprint density at radius 2 is 1.55 bits per heavy atom. The Kier molecular flexibility index (Phi) is 8.25. The molecule has 0 aliphatic carbocycles. The van der Waals surface area contributed by atoms with E-state index in [9.17, 15) is 4.79 Å². The Labute approximate surface area is 233 Å². The summed E-state index contributed by atoms with van der Waals surface area (Å²) in [6, 6.07) is 21.5. The van der Waals surface area contributed by atoms with E-state index in [1.807, 2.05) is 12.1 Å². The van der Waals surface area contributed by atoms with E-state index in [0.29, 0.717) is 0 Å². The highest BCUT2D eigenvalue weighted by molar-refractivity contribution is 6.60. The van der Waals surface area contributed by atoms with Crippen LogP contribution >= 0.6 is 0 Å². The maximum absolute atomic E-state index is 11.4. The van der Waals surface area contributed by atoms with Gasteiger partial charge in [-0.25, -0.2) is 5.01 Å². The van der Waals surface area contributed by atoms with Crippen LogP contribution in [0.3, 0.4) is 0 Å². The van der Waals surface area contributed by atoms with Crippen LogP contribution in [0.4, 0.5) is 16.2 Å². The van der Waals surface area contributed by atoms with Gasteiger partial charge in [-0.3, -0.25) is 0 Å². The van der Waals surface area contributed by atoms with Gasteiger partial charge in [0.15, 0.2) is 11.5 Å². The van der Waals surface area contributed by atoms with Crippen LogP contribution in [-0.4, -0.2) is 70.9 Å². The molecule has 0 spiro atoms. The summed E-state index contributed by atoms with van der Waals surface area (Å²) < 4.78 is 12.1. The maximum atomic E-state index is 11.4. The second-order valence-electron chi connectivity index (χ2n) is 10.4. The summed E-state index contributed by atoms with van der Waals surface area (Å²) in [5.74, 6) is 1.59. The predicted molar refractivity (Wildman–Crippen MR) is 152 cm³/mol. The molecule has 2 radical (unpaired) electrons. The Hall–Kier alpha value is -3.02. The standard InChI is InChI=1S/C30H36N4O3.Al/c1-36-29-18-25-13-17-34(21-26(25)19-30(29)37-2,16-12-23-4-8-27(9-5-23)31-22-35)20-24-6-10-28(11-7-24)32-33-14-3-15-33;/h4-11,18-19,32H,3,12-17,20-21H2,1-2H3,(H,31,35);/q+1;. The molecule has 1 fully saturated rings. The van der Waals surface area contributed by atoms with Crippen LogP contribution in [-0.2, 0) is 25.9 Å². The van der Waals surface area contributed by atoms with Gasteiger partial charge in [0.1, 0.15) is 17.9 Å². The van der Waals surface area contributed by atoms with Crippen molar-refractivity contribution in [2.24, 2.45) is 0 Å². The minimum Gasteiger partial charge on any atom is -0.493 e. The number of methoxy groups -OCH3 is 2. The molecule has 7 nitrogen and oxygen atoms in total. The molecule has 8 heteroatoms. The molecule has 1 saturated heterocycles. The summed E-state index contributed by atoms with van der Waals surface area (Å²) in [5.41, 5.74) is 10.8. The van der Waals surface area contributed by atoms with E-state index < -0.39 is 0 Å². The fourth-order valence-corrected chi connectivity index (χ4v) is 5.66. The van der Waals surface area contributed by atoms with Crippen LogP contribution in [0.25, 0.3) is 0 Å². The highest BCUT2D eigenvalue weighted by Gasteiger charge is 2.34. The van der Waals surface area contributed by atoms with Gasteiger partial charge < -0.3 is 29.5 Å². The molecular formula is C30H36AlN4O3+. The number of amides is 1. The van der Waals surface area contributed by atoms with Crippen LogP contribution < -0.4 is 20.2 Å². The summed E-state index contributed by atoms with van der Waals surface area (Å²) in [5, 5.41) is 5.07. The molecule has 3 aromatic carbocycles. The summed E-state index contributed by atoms with van der Waals surface area (Å²) in [7, 11) is 3.40. The molecule has 0 bridgehead atoms. The molecule has 1 amide bonds. The smallest absolute Gasteiger partial charge is 0.281 e. The van der Waals surface area contributed by atoms with Crippen molar-refractivity contribution >= 4 is 32.4 Å². The van der Waals surface area contributed by atoms with Gasteiger partial charge in [-0.1, -0.05) is 24.3 Å². The van der Waals surface area contributed by atoms with E-state index in [0.717, 1.165) is 79.5 Å². The van der Waals surface area contributed by atoms with Crippen molar-refractivity contribution in [3.05, 3.63) is 82.9 Å². The van der Waals surface area contributed by atoms with E-state index in [4.69, 9.17) is 9.47 Å². The number of hydrazine groups is 1. The number of nitrogens with zero attached hydrogens (tertiary/aromatic N) is 2. The van der Waals surface area contributed by atoms with E-state index in [2.05, 4.69) is 80.6 Å². The summed E-state index contributed by atoms with van der Waals surface area (Å²) in [6.45, 7) is 6.23. The topological polar surface area (TPSA) is 62.8 Å². The van der Waals surface area contributed by atoms with Crippen molar-refractivity contribution in [1.29, 1.82) is 0 Å². The number of hydrogen-bond acceptors (Lipinski definition) is 5. The highest BCUT2D eigenvalue weighted by atomic mass is 27.0. The largest absolute Gasteiger partial charge is 0.493 e. The normalized spacial score (nSPS) is 18.7. The van der Waals surface area contributed by atoms with Gasteiger partial charge in [0, 0.05) is 48.4 Å². The molecule has 2 aliphatic heterocycles. The second-order valence-corrected chi connectivity index (χ2v) is 10.9. The van der Waals surface area contributed by atoms with Crippen molar-refractivity contribution in [2.45, 2.75) is 32.4 Å². The number of hydrogen-bond donors (Lipinski definition) is 2. The summed E-state index contributed by atoms with van der Waals surface area (Å²) >= 11 is 2.16. The van der Waals surface area contributed by atoms with Crippen molar-refractivity contribution in [3.8, 4) is 11.5 Å². The molecule has 0 aromatic heterocycles. The quantitative estimate of drug-likeness (QED) is 0.294. The fraction of sp³-hybridized carbons (Fsp3) is 0.367. The predicted octanol–water partition coefficient (Wildman–Crippen LogP) is 4.75. The number of quaternary nitrogens is 1. The lowest BCUT2D eigenvalue weighted by Crippen LogP contribution is -2.51. The molecule has 1 unspecified atom stereocenters. The molecule has 196 valence electrons. The number of fused-ring (bicyclic) bond motifs is 1. The summed E-state index contributed by atoms with van der Waals surface area (Å²) in [4.78, 5) is 11.4. The molecular weight excluding hydrogens is 491 g/mol. The number of benzene rings is 3. The van der Waals surface area contributed by atoms with E-state index in [1.165, 1.54) is 28.7 Å². The Bertz CT molecular complexity index is 1260. The molecule has 2 aliphatic rings. The first-order valence-electron chi connectivity index (χ1n) is 13.3. The average Bonchev–Trinajstić information content (AvgIpc) is 2.90. The Balaban J connectivity index is 1.36. The molecule has 38 heavy (non-hydrogen) atoms. The molecule has 2 N–H and O–H groups in total. The third-order valence-corrected chi connectivity index (χ3v) is 7.92. The number of carbonyl (C=O) groups excluding carboxylic acids is 1. The molecule has 2 heterocycles. The van der Waals surface area contributed by atoms with Crippen LogP contribution in [0.2, 0.25) is 0 Å². The second kappa shape index (κ2) is 11.8. The first-order chi connectivity index (χ1) is 18.4. The Morgan fingerprint density at radius 3 is 2.16 bits per heavy atom. The lowest BCUT2D eigenvalue weighted by Gasteiger charge is -2.43. The fourth-order valence-electron chi connectivity index (χ4n) is 5.49. The highest BCUT2D eigenvalue weighted by Crippen LogP contribution is 2.36. The van der Waals surface area contributed by atoms with Gasteiger partial charge in [0.2, 0.25) is 0 Å². The van der Waals surface area contributed by atoms with Crippen molar-refractivity contribution in [1.82, 2.24) is 5.01 Å². The molecule has 0 saturated carbocycles. The van der Waals surface area contributed by atoms with Gasteiger partial charge in [-0.2, -0.15) is 0 Å². The number of rotatable bonds is 10. The van der Waals surface area contributed by atoms with Crippen LogP contribution in [0.5, 0.6) is 11.5 Å². The molecule has 3 aromatic rings. The van der Waals surface area contributed by atoms with Gasteiger partial charge in [0.25, 0.3) is 16.3 Å². The third kappa shape index (κ3) is 6.33. The van der Waals surface area contributed by atoms with Gasteiger partial charge in [-0.05, 0) is 53.9 Å². The Morgan fingerprint density at radius 1 is 0.921 bits per heavy atom. The van der Waals surface area contributed by atoms with Crippen LogP contribution in [0.15, 0.2) is 60.7 Å². The monoisotopic (exact) mass is 527 g/mol. The van der Waals surface area contributed by atoms with Gasteiger partial charge >= 0.3 is 0 Å². The van der Waals surface area contributed by atoms with Gasteiger partial charge in [0.05, 0.1) is 27.3 Å². The lowest BCUT2D eigenvalue weighted by molar-refractivity contribution is -0.955. The van der Waals surface area contributed by atoms with Gasteiger partial charge in [-0.15, -0.1) is 0 Å². The molecule has 1 atom stereocenters. The number of carbonyl (C=O) groups is 1. The van der Waals surface area contributed by atoms with Crippen molar-refractivity contribution in [2.75, 3.05) is 51.1 Å². The van der Waals surface area contributed by atoms with E-state index >= 15 is 0 Å². The van der Waals surface area contributed by atoms with Crippen molar-refractivity contribution < 1.29 is 18.8 Å². The maximum Gasteiger partial charge on any atom is 0.281 e. The zero-order valence-corrected chi connectivity index (χ0v) is 23.5. The van der Waals surface area contributed by atoms with Crippen LogP contribution in [0, 0.1) is 0 Å². The first-order valence-corrected chi connectivity index (χ1v) is 13.9. The van der Waals surface area contributed by atoms with Crippen molar-refractivity contribution in [3.63, 3.8) is 0 Å². The SMILES string of the molecule is COc1cc2c(cc1OC)C[N+](CCc1ccc(N[C](=O)[Al])cc1)(Cc1ccc(NN3CCC3)cc1)CC2. The number of nitrogens with one attached hydrogen (secondary N) is 2. The lowest BCUT2D eigenvalue weighted by atomic mass is 9.95. The minimum absolute atomic E-state index is 0.132. The number of ether oxygens (including phenoxy) is 2. The van der Waals surface area contributed by atoms with E-state index in [1.54, 1.807) is 14.2 Å². The minimum atomic E-state index is -0.132. The zero-order valence-electron chi connectivity index (χ0n) is 22.3. The third-order valence-electron chi connectivity index (χ3n) is 7.78. The first kappa shape index (κ1) is 26.6. The molecule has 5 rings (SSSR count). The van der Waals surface area contributed by atoms with Crippen LogP contribution in [0.1, 0.15) is 28.7 Å². The summed E-state index contributed by atoms with van der Waals surface area (Å²) in [6.07, 6.45) is 3.23.